The van der Waals surface area contributed by atoms with Crippen LogP contribution in [0.15, 0.2) is 146 Å². The summed E-state index contributed by atoms with van der Waals surface area (Å²) in [5, 5.41) is 64.7. The first-order chi connectivity index (χ1) is 59.8. The number of carboxylic acids is 6. The maximum Gasteiger partial charge on any atom is 0.344 e. The molecule has 0 heterocycles. The van der Waals surface area contributed by atoms with E-state index in [0.717, 1.165) is 89.6 Å². The van der Waals surface area contributed by atoms with Crippen molar-refractivity contribution >= 4 is 489 Å². The fraction of sp³-hybridized carbons (Fsp3) is 0.224. The predicted octanol–water partition coefficient (Wildman–Crippen LogP) is 19.1. The molecule has 127 heavy (non-hydrogen) atoms. The molecule has 4 aliphatic carbocycles. The van der Waals surface area contributed by atoms with E-state index in [4.69, 9.17) is 28.4 Å². The van der Waals surface area contributed by atoms with Crippen LogP contribution >= 0.6 is 407 Å². The van der Waals surface area contributed by atoms with E-state index in [1.807, 2.05) is 118 Å². The zero-order chi connectivity index (χ0) is 93.9. The number of rotatable bonds is 18. The number of hydrogen-bond donors (Lipinski definition) is 1. The van der Waals surface area contributed by atoms with E-state index >= 15 is 0 Å². The Labute approximate surface area is 972 Å². The second-order valence-electron chi connectivity index (χ2n) is 27.6. The first-order valence-corrected chi connectivity index (χ1v) is 56.0. The molecule has 9 aromatic carbocycles. The number of halogens is 18. The van der Waals surface area contributed by atoms with Gasteiger partial charge in [-0.15, -0.1) is 0 Å². The van der Waals surface area contributed by atoms with Crippen LogP contribution in [-0.2, 0) is 38.4 Å². The topological polar surface area (TPSA) is 396 Å². The summed E-state index contributed by atoms with van der Waals surface area (Å²) in [7, 11) is 0. The summed E-state index contributed by atoms with van der Waals surface area (Å²) >= 11 is 38.5. The number of carbonyl (C=O) groups is 12. The lowest BCUT2D eigenvalue weighted by molar-refractivity contribution is -0.315. The Bertz CT molecular complexity index is 5660. The molecule has 24 nitrogen and oxygen atoms in total. The lowest BCUT2D eigenvalue weighted by Gasteiger charge is -2.30. The van der Waals surface area contributed by atoms with Crippen LogP contribution in [0.4, 0.5) is 0 Å². The standard InChI is InChI=1S/C18H9I3O4.C15H13I3O4.2C14H13I3O4.C14H7I3O4.C10H5I3O4/c19-10-7-13(20)16(14(21)8-10)25-18(24)12-6-2-4-9-3-1-5-11(15(9)12)17(22)23;16-8-4-11(17)13(12(18)5-8)22-15(21)10-3-6-1-7(10)2-9(6)14(19)20;15-9-5-10(16)12(11(17)6-9)21-14(20)8-3-1-7(2-4-8)13(18)19;2*15-7-5-10(16)12(11(17)6-7)21-14(20)9-4-2-1-3-8(9)13(18)19;11-5-3-6(12)10(7(13)4-5)17-9(16)2-1-8(14)15/h1-8H,(H,22,23);4-7,9-10H,1-3H2,(H,19,20);5-8H,1-4H2,(H,18,19);5-6,8-9H,1-4H2,(H,18,19);1-6H,(H,18,19);1-4H,(H,14,15)/p-5/b;;;;;2-1-. The number of benzene rings is 9. The van der Waals surface area contributed by atoms with E-state index < -0.39 is 77.4 Å². The lowest BCUT2D eigenvalue weighted by Crippen LogP contribution is -2.42. The molecule has 0 saturated heterocycles. The van der Waals surface area contributed by atoms with Crippen LogP contribution in [-0.4, -0.2) is 76.7 Å². The molecule has 0 amide bonds. The van der Waals surface area contributed by atoms with Gasteiger partial charge in [0.25, 0.3) is 0 Å². The molecule has 0 aromatic heterocycles. The molecular formula is C85H55I18O24-5. The van der Waals surface area contributed by atoms with Crippen LogP contribution < -0.4 is 54.0 Å². The van der Waals surface area contributed by atoms with Gasteiger partial charge in [-0.3, -0.25) is 14.4 Å². The molecule has 9 aromatic rings. The van der Waals surface area contributed by atoms with E-state index in [1.54, 1.807) is 36.4 Å². The van der Waals surface area contributed by atoms with Crippen LogP contribution in [0.2, 0.25) is 0 Å². The van der Waals surface area contributed by atoms with Gasteiger partial charge >= 0.3 is 41.8 Å². The van der Waals surface area contributed by atoms with Gasteiger partial charge in [-0.25, -0.2) is 19.2 Å². The van der Waals surface area contributed by atoms with Gasteiger partial charge in [0.05, 0.1) is 89.2 Å². The lowest BCUT2D eigenvalue weighted by atomic mass is 9.79. The van der Waals surface area contributed by atoms with Gasteiger partial charge in [-0.05, 0) is 585 Å². The Morgan fingerprint density at radius 2 is 0.622 bits per heavy atom. The maximum atomic E-state index is 12.8. The number of hydrogen-bond acceptors (Lipinski definition) is 23. The van der Waals surface area contributed by atoms with Crippen molar-refractivity contribution in [1.82, 2.24) is 0 Å². The monoisotopic (exact) mass is 3740 g/mol. The third-order valence-corrected chi connectivity index (χ3v) is 32.6. The predicted molar refractivity (Wildman–Crippen MR) is 610 cm³/mol. The summed E-state index contributed by atoms with van der Waals surface area (Å²) in [6.45, 7) is 0. The Hall–Kier alpha value is -0.240. The van der Waals surface area contributed by atoms with Crippen LogP contribution in [0, 0.1) is 112 Å². The second-order valence-corrected chi connectivity index (χ2v) is 49.0. The van der Waals surface area contributed by atoms with Crippen molar-refractivity contribution in [3.63, 3.8) is 0 Å². The average Bonchev–Trinajstić information content (AvgIpc) is 1.55. The Morgan fingerprint density at radius 1 is 0.307 bits per heavy atom. The minimum absolute atomic E-state index is 0.0253. The summed E-state index contributed by atoms with van der Waals surface area (Å²) in [5.74, 6) is -9.29. The van der Waals surface area contributed by atoms with Crippen LogP contribution in [0.1, 0.15) is 112 Å². The summed E-state index contributed by atoms with van der Waals surface area (Å²) < 4.78 is 49.2. The summed E-state index contributed by atoms with van der Waals surface area (Å²) in [5.41, 5.74) is 0.110. The molecule has 4 fully saturated rings. The molecular weight excluding hydrogens is 3690 g/mol. The molecule has 6 unspecified atom stereocenters. The number of esters is 6. The summed E-state index contributed by atoms with van der Waals surface area (Å²) in [6, 6.07) is 38.8. The van der Waals surface area contributed by atoms with E-state index in [-0.39, 0.29) is 63.8 Å². The summed E-state index contributed by atoms with van der Waals surface area (Å²) in [4.78, 5) is 139. The molecule has 1 N–H and O–H groups in total. The number of carbonyl (C=O) groups excluding carboxylic acids is 11. The number of carboxylic acid groups (broad SMARTS) is 6. The highest BCUT2D eigenvalue weighted by Crippen LogP contribution is 2.52. The van der Waals surface area contributed by atoms with E-state index in [2.05, 4.69) is 361 Å². The first kappa shape index (κ1) is 112. The smallest absolute Gasteiger partial charge is 0.344 e. The Balaban J connectivity index is 0.000000189. The van der Waals surface area contributed by atoms with Crippen molar-refractivity contribution < 1.29 is 117 Å². The Kier molecular flexibility index (Phi) is 47.5. The molecule has 13 rings (SSSR count). The zero-order valence-electron chi connectivity index (χ0n) is 63.9. The van der Waals surface area contributed by atoms with Crippen LogP contribution in [0.5, 0.6) is 34.5 Å². The molecule has 670 valence electrons. The largest absolute Gasteiger partial charge is 0.550 e. The molecule has 0 aliphatic heterocycles. The number of aromatic carboxylic acids is 2. The minimum Gasteiger partial charge on any atom is -0.550 e. The Morgan fingerprint density at radius 3 is 0.976 bits per heavy atom. The van der Waals surface area contributed by atoms with E-state index in [9.17, 15) is 88.2 Å². The highest BCUT2D eigenvalue weighted by molar-refractivity contribution is 14.1. The number of ether oxygens (including phenoxy) is 6. The molecule has 2 bridgehead atoms. The van der Waals surface area contributed by atoms with Crippen molar-refractivity contribution in [1.29, 1.82) is 0 Å². The van der Waals surface area contributed by atoms with E-state index in [0.29, 0.717) is 103 Å². The van der Waals surface area contributed by atoms with Gasteiger partial charge < -0.3 is 83.0 Å². The minimum atomic E-state index is -1.44. The number of aliphatic carboxylic acids is 4. The molecule has 42 heteroatoms. The van der Waals surface area contributed by atoms with Gasteiger partial charge in [0.2, 0.25) is 0 Å². The SMILES string of the molecule is O=C(O)c1cccc2cccc(C(=O)Oc3c(I)cc(I)cc3I)c12.O=C([O-])/C=C\C(=O)Oc1c(I)cc(I)cc1I.O=C([O-])C1CC2CC1CC2C(=O)Oc1c(I)cc(I)cc1I.O=C([O-])C1CCC(C(=O)Oc2c(I)cc(I)cc2I)CC1.O=C([O-])C1CCCCC1C(=O)Oc1c(I)cc(I)cc1I.O=C([O-])c1ccccc1C(=O)Oc1c(I)cc(I)cc1I. The summed E-state index contributed by atoms with van der Waals surface area (Å²) in [6.07, 6.45) is 8.21. The fourth-order valence-corrected chi connectivity index (χ4v) is 36.3. The number of fused-ring (bicyclic) bond motifs is 3. The normalized spacial score (nSPS) is 17.6. The third kappa shape index (κ3) is 33.2. The molecule has 4 saturated carbocycles. The molecule has 6 atom stereocenters. The van der Waals surface area contributed by atoms with Crippen LogP contribution in [0.25, 0.3) is 10.8 Å². The van der Waals surface area contributed by atoms with Gasteiger partial charge in [0, 0.05) is 68.2 Å². The average molecular weight is 3740 g/mol. The van der Waals surface area contributed by atoms with E-state index in [1.165, 1.54) is 24.3 Å². The van der Waals surface area contributed by atoms with Crippen molar-refractivity contribution in [2.24, 2.45) is 47.3 Å². The third-order valence-electron chi connectivity index (χ3n) is 19.3. The van der Waals surface area contributed by atoms with Gasteiger partial charge in [-0.2, -0.15) is 0 Å². The van der Waals surface area contributed by atoms with Crippen molar-refractivity contribution in [3.8, 4) is 34.5 Å². The zero-order valence-corrected chi connectivity index (χ0v) is 103. The fourth-order valence-electron chi connectivity index (χ4n) is 13.5. The molecule has 4 aliphatic rings. The molecule has 0 radical (unpaired) electrons. The molecule has 0 spiro atoms. The highest BCUT2D eigenvalue weighted by atomic mass is 127. The quantitative estimate of drug-likeness (QED) is 0.0361. The van der Waals surface area contributed by atoms with Crippen LogP contribution in [0.3, 0.4) is 0 Å². The first-order valence-electron chi connectivity index (χ1n) is 36.6. The van der Waals surface area contributed by atoms with Gasteiger partial charge in [-0.1, -0.05) is 55.3 Å². The van der Waals surface area contributed by atoms with Crippen molar-refractivity contribution in [2.45, 2.75) is 70.6 Å². The highest BCUT2D eigenvalue weighted by Gasteiger charge is 2.50. The van der Waals surface area contributed by atoms with Crippen molar-refractivity contribution in [3.05, 3.63) is 232 Å². The van der Waals surface area contributed by atoms with Crippen molar-refractivity contribution in [2.75, 3.05) is 0 Å². The van der Waals surface area contributed by atoms with Gasteiger partial charge in [0.15, 0.2) is 34.5 Å². The second kappa shape index (κ2) is 53.8. The maximum absolute atomic E-state index is 12.8. The van der Waals surface area contributed by atoms with Gasteiger partial charge in [0.1, 0.15) is 0 Å².